The van der Waals surface area contributed by atoms with Crippen LogP contribution >= 0.6 is 11.6 Å². The lowest BCUT2D eigenvalue weighted by Crippen LogP contribution is -2.17. The van der Waals surface area contributed by atoms with Crippen molar-refractivity contribution in [2.45, 2.75) is 13.8 Å². The molecule has 0 saturated heterocycles. The molecule has 4 nitrogen and oxygen atoms in total. The zero-order chi connectivity index (χ0) is 17.1. The first-order chi connectivity index (χ1) is 10.8. The van der Waals surface area contributed by atoms with Crippen LogP contribution in [0.25, 0.3) is 0 Å². The SMILES string of the molecule is CC(=O)Nc1ccc(C)cc1NC(=O)c1cc(F)c(Cl)cc1F. The van der Waals surface area contributed by atoms with Crippen LogP contribution in [0, 0.1) is 18.6 Å². The van der Waals surface area contributed by atoms with Crippen molar-refractivity contribution < 1.29 is 18.4 Å². The van der Waals surface area contributed by atoms with E-state index in [4.69, 9.17) is 11.6 Å². The summed E-state index contributed by atoms with van der Waals surface area (Å²) in [6, 6.07) is 6.40. The summed E-state index contributed by atoms with van der Waals surface area (Å²) in [7, 11) is 0. The Hall–Kier alpha value is -2.47. The number of amides is 2. The van der Waals surface area contributed by atoms with Gasteiger partial charge in [-0.15, -0.1) is 0 Å². The summed E-state index contributed by atoms with van der Waals surface area (Å²) >= 11 is 5.46. The second kappa shape index (κ2) is 6.75. The molecule has 0 heterocycles. The second-order valence-electron chi connectivity index (χ2n) is 4.93. The van der Waals surface area contributed by atoms with Crippen LogP contribution in [0.4, 0.5) is 20.2 Å². The van der Waals surface area contributed by atoms with Gasteiger partial charge in [0.25, 0.3) is 5.91 Å². The molecule has 2 N–H and O–H groups in total. The van der Waals surface area contributed by atoms with Crippen LogP contribution in [0.3, 0.4) is 0 Å². The molecule has 23 heavy (non-hydrogen) atoms. The highest BCUT2D eigenvalue weighted by Crippen LogP contribution is 2.25. The average Bonchev–Trinajstić information content (AvgIpc) is 2.45. The van der Waals surface area contributed by atoms with Crippen molar-refractivity contribution in [3.63, 3.8) is 0 Å². The molecular weight excluding hydrogens is 326 g/mol. The maximum Gasteiger partial charge on any atom is 0.258 e. The Morgan fingerprint density at radius 2 is 1.70 bits per heavy atom. The zero-order valence-corrected chi connectivity index (χ0v) is 13.1. The van der Waals surface area contributed by atoms with E-state index in [1.807, 2.05) is 0 Å². The Morgan fingerprint density at radius 1 is 1.00 bits per heavy atom. The van der Waals surface area contributed by atoms with Gasteiger partial charge < -0.3 is 10.6 Å². The van der Waals surface area contributed by atoms with Crippen LogP contribution in [0.2, 0.25) is 5.02 Å². The summed E-state index contributed by atoms with van der Waals surface area (Å²) in [5.41, 5.74) is 0.964. The number of aryl methyl sites for hydroxylation is 1. The van der Waals surface area contributed by atoms with E-state index in [1.165, 1.54) is 6.92 Å². The molecule has 7 heteroatoms. The molecule has 0 spiro atoms. The molecule has 0 radical (unpaired) electrons. The summed E-state index contributed by atoms with van der Waals surface area (Å²) in [6.07, 6.45) is 0. The minimum atomic E-state index is -0.942. The van der Waals surface area contributed by atoms with Crippen LogP contribution in [0.15, 0.2) is 30.3 Å². The number of rotatable bonds is 3. The van der Waals surface area contributed by atoms with Gasteiger partial charge in [-0.2, -0.15) is 0 Å². The number of halogens is 3. The van der Waals surface area contributed by atoms with Crippen molar-refractivity contribution in [2.75, 3.05) is 10.6 Å². The number of hydrogen-bond donors (Lipinski definition) is 2. The van der Waals surface area contributed by atoms with E-state index in [0.717, 1.165) is 17.7 Å². The Bertz CT molecular complexity index is 794. The molecule has 0 fully saturated rings. The summed E-state index contributed by atoms with van der Waals surface area (Å²) in [5, 5.41) is 4.60. The Balaban J connectivity index is 2.35. The van der Waals surface area contributed by atoms with Gasteiger partial charge in [-0.1, -0.05) is 17.7 Å². The molecule has 0 unspecified atom stereocenters. The van der Waals surface area contributed by atoms with Gasteiger partial charge in [0.1, 0.15) is 11.6 Å². The number of nitrogens with one attached hydrogen (secondary N) is 2. The zero-order valence-electron chi connectivity index (χ0n) is 12.3. The lowest BCUT2D eigenvalue weighted by molar-refractivity contribution is -0.114. The largest absolute Gasteiger partial charge is 0.325 e. The lowest BCUT2D eigenvalue weighted by atomic mass is 10.1. The fourth-order valence-corrected chi connectivity index (χ4v) is 2.10. The average molecular weight is 339 g/mol. The Kier molecular flexibility index (Phi) is 4.95. The second-order valence-corrected chi connectivity index (χ2v) is 5.34. The minimum Gasteiger partial charge on any atom is -0.325 e. The van der Waals surface area contributed by atoms with Gasteiger partial charge in [0, 0.05) is 6.92 Å². The van der Waals surface area contributed by atoms with Gasteiger partial charge >= 0.3 is 0 Å². The third kappa shape index (κ3) is 4.04. The van der Waals surface area contributed by atoms with E-state index in [1.54, 1.807) is 25.1 Å². The van der Waals surface area contributed by atoms with E-state index in [9.17, 15) is 18.4 Å². The highest BCUT2D eigenvalue weighted by atomic mass is 35.5. The quantitative estimate of drug-likeness (QED) is 0.826. The van der Waals surface area contributed by atoms with Crippen LogP contribution in [0.1, 0.15) is 22.8 Å². The highest BCUT2D eigenvalue weighted by Gasteiger charge is 2.17. The van der Waals surface area contributed by atoms with Crippen LogP contribution < -0.4 is 10.6 Å². The minimum absolute atomic E-state index is 0.278. The first-order valence-electron chi connectivity index (χ1n) is 6.62. The molecular formula is C16H13ClF2N2O2. The van der Waals surface area contributed by atoms with Crippen molar-refractivity contribution in [3.8, 4) is 0 Å². The fourth-order valence-electron chi connectivity index (χ4n) is 1.95. The summed E-state index contributed by atoms with van der Waals surface area (Å²) in [5.74, 6) is -3.02. The van der Waals surface area contributed by atoms with Gasteiger partial charge in [-0.25, -0.2) is 8.78 Å². The predicted molar refractivity (Wildman–Crippen MR) is 84.8 cm³/mol. The standard InChI is InChI=1S/C16H13ClF2N2O2/c1-8-3-4-14(20-9(2)22)15(5-8)21-16(23)10-6-13(19)11(17)7-12(10)18/h3-7H,1-2H3,(H,20,22)(H,21,23). The predicted octanol–water partition coefficient (Wildman–Crippen LogP) is 4.14. The molecule has 0 saturated carbocycles. The molecule has 2 rings (SSSR count). The van der Waals surface area contributed by atoms with Crippen molar-refractivity contribution in [2.24, 2.45) is 0 Å². The molecule has 0 bridgehead atoms. The summed E-state index contributed by atoms with van der Waals surface area (Å²) in [6.45, 7) is 3.11. The smallest absolute Gasteiger partial charge is 0.258 e. The topological polar surface area (TPSA) is 58.2 Å². The van der Waals surface area contributed by atoms with Crippen molar-refractivity contribution >= 4 is 34.8 Å². The maximum atomic E-state index is 13.8. The summed E-state index contributed by atoms with van der Waals surface area (Å²) < 4.78 is 27.2. The first kappa shape index (κ1) is 16.9. The molecule has 0 aliphatic rings. The summed E-state index contributed by atoms with van der Waals surface area (Å²) in [4.78, 5) is 23.4. The van der Waals surface area contributed by atoms with Gasteiger partial charge in [-0.3, -0.25) is 9.59 Å². The number of anilines is 2. The number of benzene rings is 2. The molecule has 2 aromatic rings. The van der Waals surface area contributed by atoms with Gasteiger partial charge in [0.15, 0.2) is 0 Å². The normalized spacial score (nSPS) is 10.3. The van der Waals surface area contributed by atoms with E-state index in [-0.39, 0.29) is 11.6 Å². The third-order valence-corrected chi connectivity index (χ3v) is 3.28. The third-order valence-electron chi connectivity index (χ3n) is 2.99. The molecule has 0 aromatic heterocycles. The van der Waals surface area contributed by atoms with Crippen molar-refractivity contribution in [1.82, 2.24) is 0 Å². The highest BCUT2D eigenvalue weighted by molar-refractivity contribution is 6.30. The van der Waals surface area contributed by atoms with Gasteiger partial charge in [-0.05, 0) is 36.8 Å². The van der Waals surface area contributed by atoms with Crippen LogP contribution in [-0.4, -0.2) is 11.8 Å². The van der Waals surface area contributed by atoms with Crippen molar-refractivity contribution in [1.29, 1.82) is 0 Å². The molecule has 0 aliphatic heterocycles. The first-order valence-corrected chi connectivity index (χ1v) is 7.00. The van der Waals surface area contributed by atoms with Gasteiger partial charge in [0.05, 0.1) is 22.0 Å². The fraction of sp³-hybridized carbons (Fsp3) is 0.125. The molecule has 2 amide bonds. The van der Waals surface area contributed by atoms with Crippen LogP contribution in [-0.2, 0) is 4.79 Å². The molecule has 120 valence electrons. The molecule has 0 aliphatic carbocycles. The number of hydrogen-bond acceptors (Lipinski definition) is 2. The maximum absolute atomic E-state index is 13.8. The van der Waals surface area contributed by atoms with E-state index in [0.29, 0.717) is 5.69 Å². The lowest BCUT2D eigenvalue weighted by Gasteiger charge is -2.13. The van der Waals surface area contributed by atoms with E-state index >= 15 is 0 Å². The Morgan fingerprint density at radius 3 is 2.35 bits per heavy atom. The Labute approximate surface area is 136 Å². The van der Waals surface area contributed by atoms with E-state index < -0.39 is 28.1 Å². The van der Waals surface area contributed by atoms with Gasteiger partial charge in [0.2, 0.25) is 5.91 Å². The van der Waals surface area contributed by atoms with Crippen molar-refractivity contribution in [3.05, 3.63) is 58.1 Å². The van der Waals surface area contributed by atoms with E-state index in [2.05, 4.69) is 10.6 Å². The monoisotopic (exact) mass is 338 g/mol. The van der Waals surface area contributed by atoms with Crippen LogP contribution in [0.5, 0.6) is 0 Å². The molecule has 2 aromatic carbocycles. The number of carbonyl (C=O) groups excluding carboxylic acids is 2. The number of carbonyl (C=O) groups is 2. The molecule has 0 atom stereocenters.